The van der Waals surface area contributed by atoms with E-state index in [9.17, 15) is 0 Å². The van der Waals surface area contributed by atoms with Gasteiger partial charge in [0.25, 0.3) is 0 Å². The van der Waals surface area contributed by atoms with Crippen LogP contribution in [0.2, 0.25) is 0 Å². The molecule has 0 fully saturated rings. The number of nitrogens with one attached hydrogen (secondary N) is 1. The molecule has 106 valence electrons. The predicted molar refractivity (Wildman–Crippen MR) is 84.3 cm³/mol. The minimum atomic E-state index is 0.322. The molecule has 0 saturated carbocycles. The average Bonchev–Trinajstić information content (AvgIpc) is 2.53. The Hall–Kier alpha value is -1.80. The lowest BCUT2D eigenvalue weighted by Crippen LogP contribution is -2.33. The third-order valence-electron chi connectivity index (χ3n) is 3.52. The molecule has 20 heavy (non-hydrogen) atoms. The van der Waals surface area contributed by atoms with Gasteiger partial charge in [-0.2, -0.15) is 0 Å². The van der Waals surface area contributed by atoms with E-state index in [1.807, 2.05) is 37.4 Å². The Kier molecular flexibility index (Phi) is 5.63. The van der Waals surface area contributed by atoms with Crippen molar-refractivity contribution in [1.82, 2.24) is 5.32 Å². The van der Waals surface area contributed by atoms with Gasteiger partial charge in [0, 0.05) is 6.04 Å². The molecule has 0 aliphatic rings. The molecule has 0 spiro atoms. The maximum absolute atomic E-state index is 5.81. The van der Waals surface area contributed by atoms with Gasteiger partial charge in [0.2, 0.25) is 0 Å². The van der Waals surface area contributed by atoms with Crippen LogP contribution in [0.4, 0.5) is 0 Å². The summed E-state index contributed by atoms with van der Waals surface area (Å²) in [4.78, 5) is 0. The first-order chi connectivity index (χ1) is 9.81. The van der Waals surface area contributed by atoms with E-state index in [2.05, 4.69) is 36.5 Å². The Bertz CT molecular complexity index is 493. The summed E-state index contributed by atoms with van der Waals surface area (Å²) in [7, 11) is 1.99. The van der Waals surface area contributed by atoms with Crippen molar-refractivity contribution in [3.05, 3.63) is 65.7 Å². The molecule has 2 nitrogen and oxygen atoms in total. The third kappa shape index (κ3) is 4.39. The quantitative estimate of drug-likeness (QED) is 0.831. The van der Waals surface area contributed by atoms with Crippen LogP contribution in [0, 0.1) is 0 Å². The Morgan fingerprint density at radius 2 is 1.60 bits per heavy atom. The summed E-state index contributed by atoms with van der Waals surface area (Å²) in [5, 5.41) is 3.32. The van der Waals surface area contributed by atoms with E-state index in [4.69, 9.17) is 4.74 Å². The SMILES string of the molecule is CCc1ccc(CC(COc2ccccc2)NC)cc1. The van der Waals surface area contributed by atoms with Crippen molar-refractivity contribution in [2.24, 2.45) is 0 Å². The van der Waals surface area contributed by atoms with Crippen LogP contribution >= 0.6 is 0 Å². The van der Waals surface area contributed by atoms with E-state index in [0.717, 1.165) is 18.6 Å². The Morgan fingerprint density at radius 1 is 0.950 bits per heavy atom. The van der Waals surface area contributed by atoms with E-state index in [-0.39, 0.29) is 0 Å². The van der Waals surface area contributed by atoms with Gasteiger partial charge in [0.05, 0.1) is 0 Å². The Labute approximate surface area is 121 Å². The van der Waals surface area contributed by atoms with Crippen LogP contribution < -0.4 is 10.1 Å². The molecule has 1 unspecified atom stereocenters. The molecule has 1 atom stereocenters. The van der Waals surface area contributed by atoms with Gasteiger partial charge in [-0.15, -0.1) is 0 Å². The summed E-state index contributed by atoms with van der Waals surface area (Å²) in [6, 6.07) is 19.1. The van der Waals surface area contributed by atoms with E-state index in [0.29, 0.717) is 12.6 Å². The molecule has 2 heteroatoms. The van der Waals surface area contributed by atoms with Crippen molar-refractivity contribution in [1.29, 1.82) is 0 Å². The van der Waals surface area contributed by atoms with E-state index < -0.39 is 0 Å². The highest BCUT2D eigenvalue weighted by Crippen LogP contribution is 2.11. The first kappa shape index (κ1) is 14.6. The first-order valence-corrected chi connectivity index (χ1v) is 7.24. The summed E-state index contributed by atoms with van der Waals surface area (Å²) < 4.78 is 5.81. The minimum Gasteiger partial charge on any atom is -0.492 e. The first-order valence-electron chi connectivity index (χ1n) is 7.24. The van der Waals surface area contributed by atoms with Crippen LogP contribution in [0.25, 0.3) is 0 Å². The van der Waals surface area contributed by atoms with Crippen LogP contribution in [0.5, 0.6) is 5.75 Å². The van der Waals surface area contributed by atoms with Gasteiger partial charge < -0.3 is 10.1 Å². The van der Waals surface area contributed by atoms with Gasteiger partial charge in [-0.3, -0.25) is 0 Å². The fraction of sp³-hybridized carbons (Fsp3) is 0.333. The number of aryl methyl sites for hydroxylation is 1. The van der Waals surface area contributed by atoms with Crippen LogP contribution in [0.15, 0.2) is 54.6 Å². The van der Waals surface area contributed by atoms with Gasteiger partial charge >= 0.3 is 0 Å². The van der Waals surface area contributed by atoms with Crippen molar-refractivity contribution in [3.8, 4) is 5.75 Å². The molecular formula is C18H23NO. The zero-order chi connectivity index (χ0) is 14.2. The van der Waals surface area contributed by atoms with Gasteiger partial charge in [-0.05, 0) is 43.1 Å². The molecule has 2 rings (SSSR count). The molecule has 1 N–H and O–H groups in total. The normalized spacial score (nSPS) is 12.1. The molecule has 0 bridgehead atoms. The lowest BCUT2D eigenvalue weighted by atomic mass is 10.0. The van der Waals surface area contributed by atoms with Crippen LogP contribution in [-0.2, 0) is 12.8 Å². The Morgan fingerprint density at radius 3 is 2.20 bits per heavy atom. The van der Waals surface area contributed by atoms with E-state index >= 15 is 0 Å². The molecule has 0 radical (unpaired) electrons. The zero-order valence-electron chi connectivity index (χ0n) is 12.3. The van der Waals surface area contributed by atoms with Crippen molar-refractivity contribution in [2.45, 2.75) is 25.8 Å². The highest BCUT2D eigenvalue weighted by atomic mass is 16.5. The number of ether oxygens (including phenoxy) is 1. The van der Waals surface area contributed by atoms with Crippen molar-refractivity contribution in [3.63, 3.8) is 0 Å². The molecule has 2 aromatic carbocycles. The Balaban J connectivity index is 1.88. The molecule has 2 aromatic rings. The monoisotopic (exact) mass is 269 g/mol. The minimum absolute atomic E-state index is 0.322. The van der Waals surface area contributed by atoms with Gasteiger partial charge in [-0.25, -0.2) is 0 Å². The van der Waals surface area contributed by atoms with Crippen molar-refractivity contribution in [2.75, 3.05) is 13.7 Å². The van der Waals surface area contributed by atoms with Gasteiger partial charge in [0.15, 0.2) is 0 Å². The maximum atomic E-state index is 5.81. The molecule has 0 saturated heterocycles. The number of rotatable bonds is 7. The fourth-order valence-electron chi connectivity index (χ4n) is 2.15. The maximum Gasteiger partial charge on any atom is 0.119 e. The summed E-state index contributed by atoms with van der Waals surface area (Å²) in [5.41, 5.74) is 2.73. The molecule has 0 aromatic heterocycles. The lowest BCUT2D eigenvalue weighted by molar-refractivity contribution is 0.270. The molecule has 0 aliphatic heterocycles. The standard InChI is InChI=1S/C18H23NO/c1-3-15-9-11-16(12-10-15)13-17(19-2)14-20-18-7-5-4-6-8-18/h4-12,17,19H,3,13-14H2,1-2H3. The largest absolute Gasteiger partial charge is 0.492 e. The molecule has 0 aliphatic carbocycles. The highest BCUT2D eigenvalue weighted by molar-refractivity contribution is 5.24. The fourth-order valence-corrected chi connectivity index (χ4v) is 2.15. The van der Waals surface area contributed by atoms with E-state index in [1.54, 1.807) is 0 Å². The number of para-hydroxylation sites is 1. The third-order valence-corrected chi connectivity index (χ3v) is 3.52. The molecular weight excluding hydrogens is 246 g/mol. The zero-order valence-corrected chi connectivity index (χ0v) is 12.3. The van der Waals surface area contributed by atoms with Crippen LogP contribution in [-0.4, -0.2) is 19.7 Å². The van der Waals surface area contributed by atoms with Crippen LogP contribution in [0.1, 0.15) is 18.1 Å². The smallest absolute Gasteiger partial charge is 0.119 e. The second-order valence-electron chi connectivity index (χ2n) is 4.98. The second-order valence-corrected chi connectivity index (χ2v) is 4.98. The number of likely N-dealkylation sites (N-methyl/N-ethyl adjacent to an activating group) is 1. The lowest BCUT2D eigenvalue weighted by Gasteiger charge is -2.17. The van der Waals surface area contributed by atoms with Crippen molar-refractivity contribution < 1.29 is 4.74 Å². The highest BCUT2D eigenvalue weighted by Gasteiger charge is 2.08. The number of hydrogen-bond acceptors (Lipinski definition) is 2. The second kappa shape index (κ2) is 7.71. The summed E-state index contributed by atoms with van der Waals surface area (Å²) >= 11 is 0. The number of benzene rings is 2. The average molecular weight is 269 g/mol. The summed E-state index contributed by atoms with van der Waals surface area (Å²) in [5.74, 6) is 0.925. The van der Waals surface area contributed by atoms with Crippen molar-refractivity contribution >= 4 is 0 Å². The van der Waals surface area contributed by atoms with Gasteiger partial charge in [-0.1, -0.05) is 49.4 Å². The summed E-state index contributed by atoms with van der Waals surface area (Å²) in [6.07, 6.45) is 2.07. The van der Waals surface area contributed by atoms with Gasteiger partial charge in [0.1, 0.15) is 12.4 Å². The summed E-state index contributed by atoms with van der Waals surface area (Å²) in [6.45, 7) is 2.86. The molecule has 0 heterocycles. The van der Waals surface area contributed by atoms with Crippen LogP contribution in [0.3, 0.4) is 0 Å². The molecule has 0 amide bonds. The number of hydrogen-bond donors (Lipinski definition) is 1. The topological polar surface area (TPSA) is 21.3 Å². The predicted octanol–water partition coefficient (Wildman–Crippen LogP) is 3.46. The van der Waals surface area contributed by atoms with E-state index in [1.165, 1.54) is 11.1 Å².